The summed E-state index contributed by atoms with van der Waals surface area (Å²) in [5.74, 6) is 2.53. The normalized spacial score (nSPS) is 15.9. The molecule has 1 aliphatic heterocycles. The second-order valence-corrected chi connectivity index (χ2v) is 6.36. The molecule has 4 heteroatoms. The maximum Gasteiger partial charge on any atom is 0.227 e. The maximum absolute atomic E-state index is 4.70. The summed E-state index contributed by atoms with van der Waals surface area (Å²) in [7, 11) is 0. The quantitative estimate of drug-likeness (QED) is 0.927. The number of aromatic nitrogens is 2. The number of nitrogens with zero attached hydrogens (tertiary/aromatic N) is 3. The van der Waals surface area contributed by atoms with Gasteiger partial charge in [0.05, 0.1) is 0 Å². The number of hydrogen-bond acceptors (Lipinski definition) is 4. The minimum absolute atomic E-state index is 0.811. The lowest BCUT2D eigenvalue weighted by Gasteiger charge is -2.30. The zero-order chi connectivity index (χ0) is 15.5. The van der Waals surface area contributed by atoms with Gasteiger partial charge in [-0.3, -0.25) is 0 Å². The van der Waals surface area contributed by atoms with Crippen LogP contribution in [0.15, 0.2) is 30.3 Å². The van der Waals surface area contributed by atoms with E-state index in [2.05, 4.69) is 53.3 Å². The van der Waals surface area contributed by atoms with Crippen molar-refractivity contribution in [3.63, 3.8) is 0 Å². The van der Waals surface area contributed by atoms with Crippen LogP contribution in [0.3, 0.4) is 0 Å². The van der Waals surface area contributed by atoms with Gasteiger partial charge >= 0.3 is 0 Å². The van der Waals surface area contributed by atoms with E-state index in [0.29, 0.717) is 0 Å². The molecule has 1 aliphatic rings. The van der Waals surface area contributed by atoms with Gasteiger partial charge in [0.1, 0.15) is 5.82 Å². The van der Waals surface area contributed by atoms with Crippen molar-refractivity contribution in [2.45, 2.75) is 33.6 Å². The van der Waals surface area contributed by atoms with Crippen molar-refractivity contribution in [2.75, 3.05) is 23.3 Å². The predicted octanol–water partition coefficient (Wildman–Crippen LogP) is 4.07. The first-order valence-electron chi connectivity index (χ1n) is 8.04. The highest BCUT2D eigenvalue weighted by Gasteiger charge is 2.18. The Labute approximate surface area is 132 Å². The fourth-order valence-electron chi connectivity index (χ4n) is 2.75. The van der Waals surface area contributed by atoms with Crippen molar-refractivity contribution in [3.8, 4) is 0 Å². The van der Waals surface area contributed by atoms with Crippen molar-refractivity contribution in [2.24, 2.45) is 5.92 Å². The molecule has 0 radical (unpaired) electrons. The number of anilines is 3. The molecule has 2 aromatic rings. The Bertz CT molecular complexity index is 628. The Kier molecular flexibility index (Phi) is 4.27. The lowest BCUT2D eigenvalue weighted by Crippen LogP contribution is -2.34. The van der Waals surface area contributed by atoms with E-state index < -0.39 is 0 Å². The van der Waals surface area contributed by atoms with Gasteiger partial charge in [-0.05, 0) is 44.7 Å². The third-order valence-electron chi connectivity index (χ3n) is 4.23. The number of aryl methyl sites for hydroxylation is 2. The minimum Gasteiger partial charge on any atom is -0.341 e. The standard InChI is InChI=1S/C18H24N4/c1-13-4-6-16(7-5-13)20-17-12-15(3)19-18(21-17)22-10-8-14(2)9-11-22/h4-7,12,14H,8-11H2,1-3H3,(H,19,20,21). The smallest absolute Gasteiger partial charge is 0.227 e. The van der Waals surface area contributed by atoms with E-state index in [0.717, 1.165) is 42.2 Å². The molecular formula is C18H24N4. The molecule has 116 valence electrons. The van der Waals surface area contributed by atoms with Crippen LogP contribution in [0.25, 0.3) is 0 Å². The zero-order valence-corrected chi connectivity index (χ0v) is 13.6. The average molecular weight is 296 g/mol. The van der Waals surface area contributed by atoms with Crippen LogP contribution in [0.2, 0.25) is 0 Å². The zero-order valence-electron chi connectivity index (χ0n) is 13.6. The van der Waals surface area contributed by atoms with Crippen LogP contribution in [0.4, 0.5) is 17.5 Å². The van der Waals surface area contributed by atoms with E-state index in [9.17, 15) is 0 Å². The molecule has 0 aliphatic carbocycles. The Morgan fingerprint density at radius 2 is 1.73 bits per heavy atom. The third-order valence-corrected chi connectivity index (χ3v) is 4.23. The molecule has 3 rings (SSSR count). The molecule has 0 unspecified atom stereocenters. The molecule has 0 amide bonds. The van der Waals surface area contributed by atoms with Crippen molar-refractivity contribution in [3.05, 3.63) is 41.6 Å². The molecule has 0 atom stereocenters. The summed E-state index contributed by atoms with van der Waals surface area (Å²) in [4.78, 5) is 11.6. The lowest BCUT2D eigenvalue weighted by atomic mass is 10.00. The molecule has 1 aromatic heterocycles. The summed E-state index contributed by atoms with van der Waals surface area (Å²) in [5.41, 5.74) is 3.31. The van der Waals surface area contributed by atoms with Gasteiger partial charge in [-0.1, -0.05) is 24.6 Å². The monoisotopic (exact) mass is 296 g/mol. The lowest BCUT2D eigenvalue weighted by molar-refractivity contribution is 0.434. The van der Waals surface area contributed by atoms with Crippen LogP contribution in [0.1, 0.15) is 31.0 Å². The second kappa shape index (κ2) is 6.34. The Hall–Kier alpha value is -2.10. The first-order chi connectivity index (χ1) is 10.6. The molecule has 4 nitrogen and oxygen atoms in total. The molecule has 1 saturated heterocycles. The largest absolute Gasteiger partial charge is 0.341 e. The van der Waals surface area contributed by atoms with E-state index in [-0.39, 0.29) is 0 Å². The molecule has 0 saturated carbocycles. The average Bonchev–Trinajstić information content (AvgIpc) is 2.50. The van der Waals surface area contributed by atoms with E-state index >= 15 is 0 Å². The number of benzene rings is 1. The summed E-state index contributed by atoms with van der Waals surface area (Å²) in [6.07, 6.45) is 2.44. The second-order valence-electron chi connectivity index (χ2n) is 6.36. The molecule has 2 heterocycles. The molecule has 0 spiro atoms. The summed E-state index contributed by atoms with van der Waals surface area (Å²) >= 11 is 0. The van der Waals surface area contributed by atoms with Crippen LogP contribution in [-0.4, -0.2) is 23.1 Å². The minimum atomic E-state index is 0.811. The highest BCUT2D eigenvalue weighted by Crippen LogP contribution is 2.23. The van der Waals surface area contributed by atoms with Crippen LogP contribution >= 0.6 is 0 Å². The van der Waals surface area contributed by atoms with Gasteiger partial charge in [0.15, 0.2) is 0 Å². The van der Waals surface area contributed by atoms with Gasteiger partial charge in [0.2, 0.25) is 5.95 Å². The highest BCUT2D eigenvalue weighted by molar-refractivity contribution is 5.58. The number of rotatable bonds is 3. The summed E-state index contributed by atoms with van der Waals surface area (Å²) in [6.45, 7) is 8.54. The van der Waals surface area contributed by atoms with E-state index in [1.54, 1.807) is 0 Å². The van der Waals surface area contributed by atoms with Gasteiger partial charge in [-0.2, -0.15) is 4.98 Å². The van der Waals surface area contributed by atoms with Crippen molar-refractivity contribution >= 4 is 17.5 Å². The fourth-order valence-corrected chi connectivity index (χ4v) is 2.75. The Morgan fingerprint density at radius 3 is 2.41 bits per heavy atom. The molecule has 0 bridgehead atoms. The predicted molar refractivity (Wildman–Crippen MR) is 91.8 cm³/mol. The Morgan fingerprint density at radius 1 is 1.05 bits per heavy atom. The Balaban J connectivity index is 1.79. The van der Waals surface area contributed by atoms with Gasteiger partial charge in [0, 0.05) is 30.5 Å². The molecular weight excluding hydrogens is 272 g/mol. The fraction of sp³-hybridized carbons (Fsp3) is 0.444. The highest BCUT2D eigenvalue weighted by atomic mass is 15.3. The molecule has 22 heavy (non-hydrogen) atoms. The SMILES string of the molecule is Cc1ccc(Nc2cc(C)nc(N3CCC(C)CC3)n2)cc1. The van der Waals surface area contributed by atoms with Crippen LogP contribution < -0.4 is 10.2 Å². The molecule has 1 N–H and O–H groups in total. The number of hydrogen-bond donors (Lipinski definition) is 1. The van der Waals surface area contributed by atoms with Gasteiger partial charge < -0.3 is 10.2 Å². The molecule has 1 aromatic carbocycles. The van der Waals surface area contributed by atoms with Gasteiger partial charge in [-0.25, -0.2) is 4.98 Å². The van der Waals surface area contributed by atoms with Crippen LogP contribution in [-0.2, 0) is 0 Å². The van der Waals surface area contributed by atoms with Crippen LogP contribution in [0, 0.1) is 19.8 Å². The van der Waals surface area contributed by atoms with Crippen molar-refractivity contribution in [1.82, 2.24) is 9.97 Å². The summed E-state index contributed by atoms with van der Waals surface area (Å²) in [6, 6.07) is 10.4. The van der Waals surface area contributed by atoms with Crippen molar-refractivity contribution in [1.29, 1.82) is 0 Å². The van der Waals surface area contributed by atoms with Crippen molar-refractivity contribution < 1.29 is 0 Å². The molecule has 1 fully saturated rings. The van der Waals surface area contributed by atoms with Gasteiger partial charge in [-0.15, -0.1) is 0 Å². The first kappa shape index (κ1) is 14.8. The number of nitrogens with one attached hydrogen (secondary N) is 1. The first-order valence-corrected chi connectivity index (χ1v) is 8.04. The summed E-state index contributed by atoms with van der Waals surface area (Å²) in [5, 5.41) is 3.38. The van der Waals surface area contributed by atoms with E-state index in [1.807, 2.05) is 13.0 Å². The van der Waals surface area contributed by atoms with E-state index in [4.69, 9.17) is 4.98 Å². The third kappa shape index (κ3) is 3.56. The van der Waals surface area contributed by atoms with Gasteiger partial charge in [0.25, 0.3) is 0 Å². The van der Waals surface area contributed by atoms with Crippen LogP contribution in [0.5, 0.6) is 0 Å². The maximum atomic E-state index is 4.70. The number of piperidine rings is 1. The van der Waals surface area contributed by atoms with E-state index in [1.165, 1.54) is 18.4 Å². The topological polar surface area (TPSA) is 41.1 Å². The summed E-state index contributed by atoms with van der Waals surface area (Å²) < 4.78 is 0.